The van der Waals surface area contributed by atoms with E-state index in [1.807, 2.05) is 70.3 Å². The summed E-state index contributed by atoms with van der Waals surface area (Å²) in [4.78, 5) is 14.3. The second kappa shape index (κ2) is 5.49. The third-order valence-electron chi connectivity index (χ3n) is 3.53. The van der Waals surface area contributed by atoms with Gasteiger partial charge in [0.2, 0.25) is 0 Å². The molecule has 104 valence electrons. The lowest BCUT2D eigenvalue weighted by Gasteiger charge is -2.32. The zero-order valence-electron chi connectivity index (χ0n) is 12.6. The van der Waals surface area contributed by atoms with Crippen LogP contribution in [-0.2, 0) is 0 Å². The number of nitrogens with zero attached hydrogens (tertiary/aromatic N) is 1. The number of hydrogen-bond acceptors (Lipinski definition) is 1. The summed E-state index contributed by atoms with van der Waals surface area (Å²) in [6, 6.07) is 17.9. The first-order valence-electron chi connectivity index (χ1n) is 6.83. The van der Waals surface area contributed by atoms with E-state index in [1.165, 1.54) is 0 Å². The van der Waals surface area contributed by atoms with E-state index < -0.39 is 0 Å². The molecule has 2 heteroatoms. The Hall–Kier alpha value is -2.09. The van der Waals surface area contributed by atoms with Crippen molar-refractivity contribution in [1.29, 1.82) is 0 Å². The van der Waals surface area contributed by atoms with Gasteiger partial charge in [0, 0.05) is 18.2 Å². The van der Waals surface area contributed by atoms with E-state index in [0.717, 1.165) is 16.7 Å². The molecule has 2 nitrogen and oxygen atoms in total. The highest BCUT2D eigenvalue weighted by atomic mass is 16.2. The third kappa shape index (κ3) is 3.08. The maximum Gasteiger partial charge on any atom is 0.254 e. The summed E-state index contributed by atoms with van der Waals surface area (Å²) in [6.45, 7) is 6.10. The van der Waals surface area contributed by atoms with Gasteiger partial charge >= 0.3 is 0 Å². The molecular formula is C18H21NO. The van der Waals surface area contributed by atoms with Crippen molar-refractivity contribution in [3.8, 4) is 11.1 Å². The van der Waals surface area contributed by atoms with Crippen molar-refractivity contribution < 1.29 is 4.79 Å². The zero-order chi connectivity index (χ0) is 14.8. The first-order valence-corrected chi connectivity index (χ1v) is 6.83. The minimum absolute atomic E-state index is 0.0512. The average molecular weight is 267 g/mol. The molecule has 0 aromatic heterocycles. The SMILES string of the molecule is CN(C(=O)c1cccc(-c2ccccc2)c1)C(C)(C)C. The van der Waals surface area contributed by atoms with Crippen LogP contribution in [0.2, 0.25) is 0 Å². The molecule has 0 N–H and O–H groups in total. The summed E-state index contributed by atoms with van der Waals surface area (Å²) in [5.41, 5.74) is 2.74. The van der Waals surface area contributed by atoms with Crippen molar-refractivity contribution in [1.82, 2.24) is 4.90 Å². The molecule has 2 rings (SSSR count). The Kier molecular flexibility index (Phi) is 3.93. The Morgan fingerprint density at radius 2 is 1.50 bits per heavy atom. The van der Waals surface area contributed by atoms with E-state index in [0.29, 0.717) is 0 Å². The lowest BCUT2D eigenvalue weighted by Crippen LogP contribution is -2.42. The first-order chi connectivity index (χ1) is 9.39. The van der Waals surface area contributed by atoms with Crippen LogP contribution in [0.4, 0.5) is 0 Å². The van der Waals surface area contributed by atoms with Gasteiger partial charge < -0.3 is 4.90 Å². The highest BCUT2D eigenvalue weighted by Crippen LogP contribution is 2.22. The number of carbonyl (C=O) groups excluding carboxylic acids is 1. The zero-order valence-corrected chi connectivity index (χ0v) is 12.6. The fourth-order valence-corrected chi connectivity index (χ4v) is 1.96. The second-order valence-corrected chi connectivity index (χ2v) is 5.98. The van der Waals surface area contributed by atoms with Crippen molar-refractivity contribution in [2.75, 3.05) is 7.05 Å². The molecule has 0 aliphatic carbocycles. The molecule has 0 aliphatic rings. The van der Waals surface area contributed by atoms with Crippen molar-refractivity contribution in [3.63, 3.8) is 0 Å². The number of amides is 1. The second-order valence-electron chi connectivity index (χ2n) is 5.98. The van der Waals surface area contributed by atoms with Gasteiger partial charge in [-0.05, 0) is 44.0 Å². The number of benzene rings is 2. The Labute approximate surface area is 121 Å². The molecule has 2 aromatic rings. The summed E-state index contributed by atoms with van der Waals surface area (Å²) < 4.78 is 0. The maximum atomic E-state index is 12.5. The minimum Gasteiger partial charge on any atom is -0.337 e. The fourth-order valence-electron chi connectivity index (χ4n) is 1.96. The lowest BCUT2D eigenvalue weighted by atomic mass is 10.0. The summed E-state index contributed by atoms with van der Waals surface area (Å²) in [5, 5.41) is 0. The highest BCUT2D eigenvalue weighted by Gasteiger charge is 2.23. The van der Waals surface area contributed by atoms with Gasteiger partial charge in [-0.2, -0.15) is 0 Å². The molecule has 20 heavy (non-hydrogen) atoms. The van der Waals surface area contributed by atoms with Gasteiger partial charge in [0.25, 0.3) is 5.91 Å². The smallest absolute Gasteiger partial charge is 0.254 e. The van der Waals surface area contributed by atoms with Gasteiger partial charge in [-0.3, -0.25) is 4.79 Å². The van der Waals surface area contributed by atoms with E-state index in [2.05, 4.69) is 12.1 Å². The van der Waals surface area contributed by atoms with Crippen molar-refractivity contribution in [2.24, 2.45) is 0 Å². The Morgan fingerprint density at radius 1 is 0.900 bits per heavy atom. The predicted octanol–water partition coefficient (Wildman–Crippen LogP) is 4.22. The molecule has 0 atom stereocenters. The molecule has 0 radical (unpaired) electrons. The number of carbonyl (C=O) groups is 1. The van der Waals surface area contributed by atoms with E-state index in [9.17, 15) is 4.79 Å². The normalized spacial score (nSPS) is 11.2. The predicted molar refractivity (Wildman–Crippen MR) is 83.7 cm³/mol. The van der Waals surface area contributed by atoms with Gasteiger partial charge in [-0.15, -0.1) is 0 Å². The Balaban J connectivity index is 2.34. The third-order valence-corrected chi connectivity index (χ3v) is 3.53. The van der Waals surface area contributed by atoms with Crippen LogP contribution >= 0.6 is 0 Å². The molecule has 1 amide bonds. The molecule has 0 unspecified atom stereocenters. The standard InChI is InChI=1S/C18H21NO/c1-18(2,3)19(4)17(20)16-12-8-11-15(13-16)14-9-6-5-7-10-14/h5-13H,1-4H3. The summed E-state index contributed by atoms with van der Waals surface area (Å²) >= 11 is 0. The topological polar surface area (TPSA) is 20.3 Å². The molecule has 0 saturated heterocycles. The number of hydrogen-bond donors (Lipinski definition) is 0. The molecule has 0 spiro atoms. The van der Waals surface area contributed by atoms with E-state index in [1.54, 1.807) is 4.90 Å². The highest BCUT2D eigenvalue weighted by molar-refractivity contribution is 5.95. The van der Waals surface area contributed by atoms with Gasteiger partial charge in [0.05, 0.1) is 0 Å². The van der Waals surface area contributed by atoms with Gasteiger partial charge in [-0.25, -0.2) is 0 Å². The fraction of sp³-hybridized carbons (Fsp3) is 0.278. The van der Waals surface area contributed by atoms with Gasteiger partial charge in [-0.1, -0.05) is 42.5 Å². The maximum absolute atomic E-state index is 12.5. The summed E-state index contributed by atoms with van der Waals surface area (Å²) in [5.74, 6) is 0.0512. The Morgan fingerprint density at radius 3 is 2.10 bits per heavy atom. The molecule has 0 heterocycles. The quantitative estimate of drug-likeness (QED) is 0.797. The van der Waals surface area contributed by atoms with Crippen LogP contribution in [0.25, 0.3) is 11.1 Å². The largest absolute Gasteiger partial charge is 0.337 e. The van der Waals surface area contributed by atoms with Crippen LogP contribution in [0, 0.1) is 0 Å². The van der Waals surface area contributed by atoms with E-state index in [4.69, 9.17) is 0 Å². The summed E-state index contributed by atoms with van der Waals surface area (Å²) in [7, 11) is 1.84. The molecule has 0 bridgehead atoms. The van der Waals surface area contributed by atoms with Crippen molar-refractivity contribution in [3.05, 3.63) is 60.2 Å². The lowest BCUT2D eigenvalue weighted by molar-refractivity contribution is 0.0656. The van der Waals surface area contributed by atoms with Crippen molar-refractivity contribution in [2.45, 2.75) is 26.3 Å². The van der Waals surface area contributed by atoms with E-state index in [-0.39, 0.29) is 11.4 Å². The van der Waals surface area contributed by atoms with Gasteiger partial charge in [0.15, 0.2) is 0 Å². The Bertz CT molecular complexity index is 596. The summed E-state index contributed by atoms with van der Waals surface area (Å²) in [6.07, 6.45) is 0. The van der Waals surface area contributed by atoms with Crippen molar-refractivity contribution >= 4 is 5.91 Å². The minimum atomic E-state index is -0.181. The molecule has 2 aromatic carbocycles. The molecule has 0 aliphatic heterocycles. The monoisotopic (exact) mass is 267 g/mol. The van der Waals surface area contributed by atoms with Crippen LogP contribution in [0.1, 0.15) is 31.1 Å². The first kappa shape index (κ1) is 14.3. The van der Waals surface area contributed by atoms with Crippen LogP contribution in [0.15, 0.2) is 54.6 Å². The molecule has 0 saturated carbocycles. The van der Waals surface area contributed by atoms with Crippen LogP contribution in [0.5, 0.6) is 0 Å². The number of rotatable bonds is 2. The average Bonchev–Trinajstić information content (AvgIpc) is 2.46. The van der Waals surface area contributed by atoms with Crippen LogP contribution < -0.4 is 0 Å². The van der Waals surface area contributed by atoms with E-state index >= 15 is 0 Å². The van der Waals surface area contributed by atoms with Crippen LogP contribution in [-0.4, -0.2) is 23.4 Å². The van der Waals surface area contributed by atoms with Crippen LogP contribution in [0.3, 0.4) is 0 Å². The van der Waals surface area contributed by atoms with Gasteiger partial charge in [0.1, 0.15) is 0 Å². The molecule has 0 fully saturated rings. The molecular weight excluding hydrogens is 246 g/mol.